The molecule has 0 radical (unpaired) electrons. The Morgan fingerprint density at radius 3 is 2.59 bits per heavy atom. The second kappa shape index (κ2) is 8.54. The molecule has 6 nitrogen and oxygen atoms in total. The summed E-state index contributed by atoms with van der Waals surface area (Å²) in [7, 11) is 1.94. The van der Waals surface area contributed by atoms with Crippen LogP contribution in [0.2, 0.25) is 5.02 Å². The Kier molecular flexibility index (Phi) is 5.58. The number of halogens is 1. The van der Waals surface area contributed by atoms with Crippen LogP contribution in [-0.4, -0.2) is 24.7 Å². The van der Waals surface area contributed by atoms with E-state index in [1.165, 1.54) is 23.1 Å². The number of benzene rings is 2. The lowest BCUT2D eigenvalue weighted by atomic mass is 10.1. The van der Waals surface area contributed by atoms with Gasteiger partial charge in [-0.2, -0.15) is 0 Å². The van der Waals surface area contributed by atoms with Gasteiger partial charge in [0, 0.05) is 34.1 Å². The van der Waals surface area contributed by atoms with Crippen molar-refractivity contribution in [2.45, 2.75) is 17.8 Å². The second-order valence-corrected chi connectivity index (χ2v) is 9.50. The third-order valence-electron chi connectivity index (χ3n) is 5.22. The average Bonchev–Trinajstić information content (AvgIpc) is 3.37. The minimum atomic E-state index is -0.166. The van der Waals surface area contributed by atoms with E-state index in [1.807, 2.05) is 59.5 Å². The monoisotopic (exact) mass is 479 g/mol. The van der Waals surface area contributed by atoms with Crippen molar-refractivity contribution in [2.75, 3.05) is 0 Å². The molecule has 0 atom stereocenters. The van der Waals surface area contributed by atoms with Gasteiger partial charge in [0.15, 0.2) is 11.0 Å². The Morgan fingerprint density at radius 1 is 1.06 bits per heavy atom. The molecular weight excluding hydrogens is 462 g/mol. The SMILES string of the molecule is Cc1ccccc1-c1nnc(SCc2nc3scc(-c4ccccc4Cl)c3c(=O)[nH]2)n1C. The summed E-state index contributed by atoms with van der Waals surface area (Å²) in [6.07, 6.45) is 0. The standard InChI is InChI=1S/C23H18ClN5OS2/c1-13-7-3-4-8-14(13)20-27-28-23(29(20)2)32-12-18-25-21(30)19-16(11-31-22(19)26-18)15-9-5-6-10-17(15)24/h3-11H,12H2,1-2H3,(H,25,26,30). The summed E-state index contributed by atoms with van der Waals surface area (Å²) < 4.78 is 1.96. The number of H-pyrrole nitrogens is 1. The van der Waals surface area contributed by atoms with Gasteiger partial charge in [0.1, 0.15) is 10.7 Å². The van der Waals surface area contributed by atoms with Gasteiger partial charge >= 0.3 is 0 Å². The molecule has 32 heavy (non-hydrogen) atoms. The van der Waals surface area contributed by atoms with Crippen molar-refractivity contribution < 1.29 is 0 Å². The number of thioether (sulfide) groups is 1. The largest absolute Gasteiger partial charge is 0.309 e. The van der Waals surface area contributed by atoms with E-state index in [1.54, 1.807) is 0 Å². The Balaban J connectivity index is 1.42. The van der Waals surface area contributed by atoms with E-state index in [4.69, 9.17) is 11.6 Å². The van der Waals surface area contributed by atoms with Crippen LogP contribution in [0.4, 0.5) is 0 Å². The van der Waals surface area contributed by atoms with Crippen molar-refractivity contribution in [3.8, 4) is 22.5 Å². The van der Waals surface area contributed by atoms with Crippen LogP contribution < -0.4 is 5.56 Å². The topological polar surface area (TPSA) is 76.5 Å². The molecule has 0 unspecified atom stereocenters. The Labute approximate surface area is 197 Å². The minimum absolute atomic E-state index is 0.166. The zero-order valence-electron chi connectivity index (χ0n) is 17.3. The van der Waals surface area contributed by atoms with Crippen LogP contribution in [0.15, 0.2) is 63.9 Å². The Hall–Kier alpha value is -2.94. The van der Waals surface area contributed by atoms with Gasteiger partial charge in [-0.3, -0.25) is 4.79 Å². The molecule has 0 aliphatic carbocycles. The van der Waals surface area contributed by atoms with Crippen molar-refractivity contribution in [1.29, 1.82) is 0 Å². The predicted octanol–water partition coefficient (Wildman–Crippen LogP) is 5.70. The molecule has 0 amide bonds. The van der Waals surface area contributed by atoms with Crippen molar-refractivity contribution >= 4 is 44.9 Å². The highest BCUT2D eigenvalue weighted by atomic mass is 35.5. The molecule has 2 aromatic carbocycles. The first-order valence-corrected chi connectivity index (χ1v) is 12.1. The summed E-state index contributed by atoms with van der Waals surface area (Å²) in [5.74, 6) is 1.88. The van der Waals surface area contributed by atoms with Crippen LogP contribution in [0.1, 0.15) is 11.4 Å². The molecule has 5 rings (SSSR count). The molecular formula is C23H18ClN5OS2. The van der Waals surface area contributed by atoms with Gasteiger partial charge in [-0.1, -0.05) is 65.8 Å². The van der Waals surface area contributed by atoms with Gasteiger partial charge < -0.3 is 9.55 Å². The van der Waals surface area contributed by atoms with E-state index in [9.17, 15) is 4.79 Å². The fraction of sp³-hybridized carbons (Fsp3) is 0.130. The van der Waals surface area contributed by atoms with E-state index in [0.29, 0.717) is 26.8 Å². The smallest absolute Gasteiger partial charge is 0.260 e. The Bertz CT molecular complexity index is 1500. The highest BCUT2D eigenvalue weighted by Gasteiger charge is 2.16. The van der Waals surface area contributed by atoms with Crippen LogP contribution in [0.5, 0.6) is 0 Å². The van der Waals surface area contributed by atoms with E-state index in [0.717, 1.165) is 33.2 Å². The zero-order chi connectivity index (χ0) is 22.2. The lowest BCUT2D eigenvalue weighted by Crippen LogP contribution is -2.11. The molecule has 3 aromatic heterocycles. The predicted molar refractivity (Wildman–Crippen MR) is 131 cm³/mol. The maximum absolute atomic E-state index is 12.9. The maximum atomic E-state index is 12.9. The number of hydrogen-bond acceptors (Lipinski definition) is 6. The van der Waals surface area contributed by atoms with Gasteiger partial charge in [-0.15, -0.1) is 21.5 Å². The number of aromatic nitrogens is 5. The fourth-order valence-corrected chi connectivity index (χ4v) is 5.55. The van der Waals surface area contributed by atoms with E-state index >= 15 is 0 Å². The number of aromatic amines is 1. The lowest BCUT2D eigenvalue weighted by molar-refractivity contribution is 0.792. The molecule has 0 fully saturated rings. The number of thiophene rings is 1. The van der Waals surface area contributed by atoms with Crippen molar-refractivity contribution in [1.82, 2.24) is 24.7 Å². The molecule has 3 heterocycles. The van der Waals surface area contributed by atoms with Crippen LogP contribution in [-0.2, 0) is 12.8 Å². The molecule has 160 valence electrons. The molecule has 0 saturated heterocycles. The highest BCUT2D eigenvalue weighted by molar-refractivity contribution is 7.98. The van der Waals surface area contributed by atoms with Crippen LogP contribution >= 0.6 is 34.7 Å². The first kappa shape index (κ1) is 20.9. The van der Waals surface area contributed by atoms with Gasteiger partial charge in [-0.05, 0) is 18.6 Å². The lowest BCUT2D eigenvalue weighted by Gasteiger charge is -2.06. The van der Waals surface area contributed by atoms with Crippen LogP contribution in [0.3, 0.4) is 0 Å². The number of hydrogen-bond donors (Lipinski definition) is 1. The van der Waals surface area contributed by atoms with Gasteiger partial charge in [-0.25, -0.2) is 4.98 Å². The quantitative estimate of drug-likeness (QED) is 0.327. The number of nitrogens with zero attached hydrogens (tertiary/aromatic N) is 4. The molecule has 5 aromatic rings. The minimum Gasteiger partial charge on any atom is -0.309 e. The number of nitrogens with one attached hydrogen (secondary N) is 1. The molecule has 0 saturated carbocycles. The summed E-state index contributed by atoms with van der Waals surface area (Å²) in [6, 6.07) is 15.6. The molecule has 0 aliphatic rings. The summed E-state index contributed by atoms with van der Waals surface area (Å²) in [4.78, 5) is 21.2. The molecule has 0 aliphatic heterocycles. The van der Waals surface area contributed by atoms with Crippen LogP contribution in [0.25, 0.3) is 32.7 Å². The Morgan fingerprint density at radius 2 is 1.81 bits per heavy atom. The normalized spacial score (nSPS) is 11.3. The zero-order valence-corrected chi connectivity index (χ0v) is 19.7. The first-order chi connectivity index (χ1) is 15.5. The van der Waals surface area contributed by atoms with Crippen molar-refractivity contribution in [2.24, 2.45) is 7.05 Å². The van der Waals surface area contributed by atoms with Crippen molar-refractivity contribution in [3.05, 3.63) is 80.7 Å². The van der Waals surface area contributed by atoms with E-state index < -0.39 is 0 Å². The van der Waals surface area contributed by atoms with E-state index in [2.05, 4.69) is 33.2 Å². The average molecular weight is 480 g/mol. The highest BCUT2D eigenvalue weighted by Crippen LogP contribution is 2.35. The molecule has 0 spiro atoms. The molecule has 0 bridgehead atoms. The summed E-state index contributed by atoms with van der Waals surface area (Å²) in [5.41, 5.74) is 3.66. The van der Waals surface area contributed by atoms with Gasteiger partial charge in [0.25, 0.3) is 5.56 Å². The second-order valence-electron chi connectivity index (χ2n) is 7.29. The molecule has 1 N–H and O–H groups in total. The number of aryl methyl sites for hydroxylation is 1. The van der Waals surface area contributed by atoms with Gasteiger partial charge in [0.2, 0.25) is 0 Å². The van der Waals surface area contributed by atoms with E-state index in [-0.39, 0.29) is 5.56 Å². The summed E-state index contributed by atoms with van der Waals surface area (Å²) in [6.45, 7) is 2.05. The summed E-state index contributed by atoms with van der Waals surface area (Å²) >= 11 is 9.27. The van der Waals surface area contributed by atoms with Crippen LogP contribution in [0, 0.1) is 6.92 Å². The third kappa shape index (κ3) is 3.74. The molecule has 9 heteroatoms. The summed E-state index contributed by atoms with van der Waals surface area (Å²) in [5, 5.41) is 12.6. The first-order valence-electron chi connectivity index (χ1n) is 9.86. The maximum Gasteiger partial charge on any atom is 0.260 e. The fourth-order valence-electron chi connectivity index (χ4n) is 3.57. The van der Waals surface area contributed by atoms with Crippen molar-refractivity contribution in [3.63, 3.8) is 0 Å². The number of fused-ring (bicyclic) bond motifs is 1. The van der Waals surface area contributed by atoms with Gasteiger partial charge in [0.05, 0.1) is 11.1 Å². The third-order valence-corrected chi connectivity index (χ3v) is 7.45. The number of rotatable bonds is 5.